The van der Waals surface area contributed by atoms with E-state index in [9.17, 15) is 4.79 Å². The molecule has 2 aliphatic heterocycles. The number of fused-ring (bicyclic) bond motifs is 1. The minimum absolute atomic E-state index is 0.0132. The van der Waals surface area contributed by atoms with Crippen LogP contribution >= 0.6 is 0 Å². The Morgan fingerprint density at radius 1 is 0.971 bits per heavy atom. The average molecular weight is 460 g/mol. The molecule has 2 fully saturated rings. The fourth-order valence-corrected chi connectivity index (χ4v) is 5.19. The predicted octanol–water partition coefficient (Wildman–Crippen LogP) is 4.33. The lowest BCUT2D eigenvalue weighted by atomic mass is 10.1. The number of para-hydroxylation sites is 1. The lowest BCUT2D eigenvalue weighted by Gasteiger charge is -2.44. The number of aromatic nitrogens is 2. The highest BCUT2D eigenvalue weighted by atomic mass is 16.6. The summed E-state index contributed by atoms with van der Waals surface area (Å²) < 4.78 is 5.98. The second-order valence-electron chi connectivity index (χ2n) is 9.58. The first kappa shape index (κ1) is 22.6. The molecule has 0 saturated carbocycles. The summed E-state index contributed by atoms with van der Waals surface area (Å²) in [5.74, 6) is 0.719. The molecule has 2 saturated heterocycles. The second kappa shape index (κ2) is 9.97. The van der Waals surface area contributed by atoms with E-state index >= 15 is 0 Å². The maximum atomic E-state index is 13.1. The van der Waals surface area contributed by atoms with E-state index in [2.05, 4.69) is 52.9 Å². The van der Waals surface area contributed by atoms with Crippen LogP contribution in [0.1, 0.15) is 32.3 Å². The highest BCUT2D eigenvalue weighted by Gasteiger charge is 2.36. The van der Waals surface area contributed by atoms with Crippen molar-refractivity contribution < 1.29 is 9.53 Å². The van der Waals surface area contributed by atoms with Crippen LogP contribution in [-0.4, -0.2) is 70.2 Å². The molecule has 0 N–H and O–H groups in total. The summed E-state index contributed by atoms with van der Waals surface area (Å²) in [4.78, 5) is 28.9. The van der Waals surface area contributed by atoms with Gasteiger partial charge in [-0.2, -0.15) is 0 Å². The summed E-state index contributed by atoms with van der Waals surface area (Å²) in [5.41, 5.74) is 2.27. The van der Waals surface area contributed by atoms with E-state index in [1.165, 1.54) is 5.56 Å². The Hall–Kier alpha value is -3.19. The van der Waals surface area contributed by atoms with Crippen molar-refractivity contribution in [3.63, 3.8) is 0 Å². The van der Waals surface area contributed by atoms with Crippen molar-refractivity contribution >= 4 is 22.9 Å². The third-order valence-corrected chi connectivity index (χ3v) is 6.94. The van der Waals surface area contributed by atoms with Crippen molar-refractivity contribution in [3.8, 4) is 0 Å². The van der Waals surface area contributed by atoms with Crippen LogP contribution in [0.2, 0.25) is 0 Å². The third-order valence-electron chi connectivity index (χ3n) is 6.94. The van der Waals surface area contributed by atoms with Gasteiger partial charge in [0.05, 0.1) is 17.6 Å². The minimum Gasteiger partial charge on any atom is -0.446 e. The fraction of sp³-hybridized carbons (Fsp3) is 0.444. The second-order valence-corrected chi connectivity index (χ2v) is 9.58. The first-order valence-electron chi connectivity index (χ1n) is 12.3. The molecule has 0 bridgehead atoms. The molecule has 0 unspecified atom stereocenters. The lowest BCUT2D eigenvalue weighted by Crippen LogP contribution is -2.59. The van der Waals surface area contributed by atoms with E-state index in [1.807, 2.05) is 41.4 Å². The summed E-state index contributed by atoms with van der Waals surface area (Å²) in [6.45, 7) is 8.38. The van der Waals surface area contributed by atoms with Gasteiger partial charge in [-0.1, -0.05) is 48.5 Å². The van der Waals surface area contributed by atoms with Gasteiger partial charge in [0.25, 0.3) is 0 Å². The zero-order valence-electron chi connectivity index (χ0n) is 20.0. The van der Waals surface area contributed by atoms with Gasteiger partial charge in [-0.05, 0) is 38.3 Å². The van der Waals surface area contributed by atoms with Crippen LogP contribution in [0.15, 0.2) is 60.8 Å². The van der Waals surface area contributed by atoms with Crippen molar-refractivity contribution in [3.05, 3.63) is 66.4 Å². The van der Waals surface area contributed by atoms with E-state index in [0.29, 0.717) is 13.1 Å². The van der Waals surface area contributed by atoms with E-state index in [4.69, 9.17) is 9.72 Å². The molecule has 3 aromatic rings. The number of hydrogen-bond acceptors (Lipinski definition) is 6. The molecule has 5 rings (SSSR count). The van der Waals surface area contributed by atoms with Crippen LogP contribution < -0.4 is 4.90 Å². The first-order valence-corrected chi connectivity index (χ1v) is 12.3. The molecule has 178 valence electrons. The van der Waals surface area contributed by atoms with Crippen molar-refractivity contribution in [2.75, 3.05) is 31.1 Å². The Balaban J connectivity index is 1.15. The van der Waals surface area contributed by atoms with Gasteiger partial charge >= 0.3 is 6.09 Å². The average Bonchev–Trinajstić information content (AvgIpc) is 2.85. The number of carbonyl (C=O) groups excluding carboxylic acids is 1. The monoisotopic (exact) mass is 459 g/mol. The molecule has 3 heterocycles. The summed E-state index contributed by atoms with van der Waals surface area (Å²) in [7, 11) is 0. The van der Waals surface area contributed by atoms with Crippen LogP contribution in [0.4, 0.5) is 10.7 Å². The van der Waals surface area contributed by atoms with E-state index in [-0.39, 0.29) is 24.3 Å². The Morgan fingerprint density at radius 2 is 1.65 bits per heavy atom. The molecule has 2 aliphatic rings. The molecule has 0 aliphatic carbocycles. The van der Waals surface area contributed by atoms with Gasteiger partial charge in [0.2, 0.25) is 5.95 Å². The number of piperidine rings is 1. The van der Waals surface area contributed by atoms with Crippen LogP contribution in [0, 0.1) is 0 Å². The number of rotatable bonds is 4. The zero-order chi connectivity index (χ0) is 23.5. The van der Waals surface area contributed by atoms with Gasteiger partial charge in [0, 0.05) is 44.3 Å². The molecule has 1 aromatic heterocycles. The summed E-state index contributed by atoms with van der Waals surface area (Å²) in [5, 5.41) is 1.03. The minimum atomic E-state index is -0.194. The number of anilines is 1. The van der Waals surface area contributed by atoms with Crippen LogP contribution in [0.25, 0.3) is 10.9 Å². The molecular weight excluding hydrogens is 426 g/mol. The van der Waals surface area contributed by atoms with E-state index in [1.54, 1.807) is 0 Å². The molecule has 0 radical (unpaired) electrons. The zero-order valence-corrected chi connectivity index (χ0v) is 20.0. The number of ether oxygens (including phenoxy) is 1. The Labute approximate surface area is 201 Å². The van der Waals surface area contributed by atoms with Crippen molar-refractivity contribution in [2.24, 2.45) is 0 Å². The number of nitrogens with zero attached hydrogens (tertiary/aromatic N) is 5. The van der Waals surface area contributed by atoms with Gasteiger partial charge in [0.1, 0.15) is 6.10 Å². The number of amides is 1. The lowest BCUT2D eigenvalue weighted by molar-refractivity contribution is 0.00996. The van der Waals surface area contributed by atoms with Gasteiger partial charge in [-0.15, -0.1) is 0 Å². The van der Waals surface area contributed by atoms with Gasteiger partial charge in [0.15, 0.2) is 0 Å². The summed E-state index contributed by atoms with van der Waals surface area (Å²) >= 11 is 0. The summed E-state index contributed by atoms with van der Waals surface area (Å²) in [6, 6.07) is 18.6. The van der Waals surface area contributed by atoms with Crippen molar-refractivity contribution in [1.29, 1.82) is 0 Å². The molecule has 0 spiro atoms. The number of benzene rings is 2. The van der Waals surface area contributed by atoms with E-state index < -0.39 is 0 Å². The van der Waals surface area contributed by atoms with Crippen molar-refractivity contribution in [2.45, 2.75) is 51.4 Å². The SMILES string of the molecule is C[C@@H]1CN(c2ncc3ccccc3n2)C[C@H](C)N1C(=O)OC1CCN(Cc2ccccc2)CC1. The standard InChI is InChI=1S/C27H33N5O2/c1-20-17-31(26-28-16-23-10-6-7-11-25(23)29-26)18-21(2)32(20)27(33)34-24-12-14-30(15-13-24)19-22-8-4-3-5-9-22/h3-11,16,20-21,24H,12-15,17-19H2,1-2H3/t20-,21+. The summed E-state index contributed by atoms with van der Waals surface area (Å²) in [6.07, 6.45) is 3.43. The maximum Gasteiger partial charge on any atom is 0.410 e. The van der Waals surface area contributed by atoms with Crippen LogP contribution in [-0.2, 0) is 11.3 Å². The molecule has 34 heavy (non-hydrogen) atoms. The highest BCUT2D eigenvalue weighted by Crippen LogP contribution is 2.24. The smallest absolute Gasteiger partial charge is 0.410 e. The first-order chi connectivity index (χ1) is 16.6. The number of piperazine rings is 1. The molecule has 7 nitrogen and oxygen atoms in total. The third kappa shape index (κ3) is 4.99. The van der Waals surface area contributed by atoms with Gasteiger partial charge < -0.3 is 9.64 Å². The largest absolute Gasteiger partial charge is 0.446 e. The fourth-order valence-electron chi connectivity index (χ4n) is 5.19. The maximum absolute atomic E-state index is 13.1. The quantitative estimate of drug-likeness (QED) is 0.579. The Morgan fingerprint density at radius 3 is 2.38 bits per heavy atom. The normalized spacial score (nSPS) is 22.2. The van der Waals surface area contributed by atoms with Crippen LogP contribution in [0.5, 0.6) is 0 Å². The van der Waals surface area contributed by atoms with Gasteiger partial charge in [-0.25, -0.2) is 14.8 Å². The molecule has 2 atom stereocenters. The number of hydrogen-bond donors (Lipinski definition) is 0. The van der Waals surface area contributed by atoms with Gasteiger partial charge in [-0.3, -0.25) is 9.80 Å². The number of carbonyl (C=O) groups is 1. The highest BCUT2D eigenvalue weighted by molar-refractivity contribution is 5.78. The molecular formula is C27H33N5O2. The van der Waals surface area contributed by atoms with Crippen molar-refractivity contribution in [1.82, 2.24) is 19.8 Å². The topological polar surface area (TPSA) is 61.8 Å². The Kier molecular flexibility index (Phi) is 6.63. The van der Waals surface area contributed by atoms with E-state index in [0.717, 1.165) is 49.3 Å². The van der Waals surface area contributed by atoms with Crippen LogP contribution in [0.3, 0.4) is 0 Å². The molecule has 7 heteroatoms. The Bertz CT molecular complexity index is 1100. The predicted molar refractivity (Wildman–Crippen MR) is 134 cm³/mol. The number of likely N-dealkylation sites (tertiary alicyclic amines) is 1. The molecule has 2 aromatic carbocycles. The molecule has 1 amide bonds.